The molecule has 94 valence electrons. The summed E-state index contributed by atoms with van der Waals surface area (Å²) in [4.78, 5) is 12.1. The van der Waals surface area contributed by atoms with Gasteiger partial charge in [-0.3, -0.25) is 4.79 Å². The molecule has 0 aliphatic heterocycles. The second kappa shape index (κ2) is 5.59. The Hall–Kier alpha value is -1.26. The van der Waals surface area contributed by atoms with Crippen LogP contribution in [-0.2, 0) is 6.42 Å². The van der Waals surface area contributed by atoms with Crippen LogP contribution in [0, 0.1) is 0 Å². The second-order valence-electron chi connectivity index (χ2n) is 3.67. The number of hydrogen-bond donors (Lipinski definition) is 1. The van der Waals surface area contributed by atoms with Gasteiger partial charge < -0.3 is 9.73 Å². The molecule has 0 unspecified atom stereocenters. The molecule has 0 radical (unpaired) electrons. The van der Waals surface area contributed by atoms with Crippen LogP contribution in [0.3, 0.4) is 0 Å². The summed E-state index contributed by atoms with van der Waals surface area (Å²) in [6.45, 7) is 1.94. The number of halogens is 2. The highest BCUT2D eigenvalue weighted by Crippen LogP contribution is 2.30. The lowest BCUT2D eigenvalue weighted by molar-refractivity contribution is 0.102. The molecule has 0 fully saturated rings. The van der Waals surface area contributed by atoms with E-state index in [2.05, 4.69) is 21.2 Å². The molecule has 1 N–H and O–H groups in total. The van der Waals surface area contributed by atoms with Crippen LogP contribution >= 0.6 is 27.5 Å². The van der Waals surface area contributed by atoms with Gasteiger partial charge in [-0.05, 0) is 34.1 Å². The number of rotatable bonds is 3. The molecule has 5 heteroatoms. The zero-order chi connectivity index (χ0) is 13.1. The number of nitrogens with one attached hydrogen (secondary N) is 1. The molecule has 3 nitrogen and oxygen atoms in total. The molecule has 0 saturated heterocycles. The van der Waals surface area contributed by atoms with E-state index < -0.39 is 0 Å². The van der Waals surface area contributed by atoms with E-state index in [1.165, 1.54) is 6.26 Å². The van der Waals surface area contributed by atoms with Gasteiger partial charge in [0.25, 0.3) is 5.91 Å². The van der Waals surface area contributed by atoms with Gasteiger partial charge in [0.2, 0.25) is 0 Å². The van der Waals surface area contributed by atoms with Crippen molar-refractivity contribution >= 4 is 39.1 Å². The van der Waals surface area contributed by atoms with Crippen molar-refractivity contribution in [3.8, 4) is 0 Å². The highest BCUT2D eigenvalue weighted by molar-refractivity contribution is 9.10. The Morgan fingerprint density at radius 3 is 2.94 bits per heavy atom. The van der Waals surface area contributed by atoms with Crippen molar-refractivity contribution in [1.29, 1.82) is 0 Å². The van der Waals surface area contributed by atoms with Crippen LogP contribution in [0.5, 0.6) is 0 Å². The van der Waals surface area contributed by atoms with Crippen molar-refractivity contribution in [3.05, 3.63) is 51.3 Å². The fourth-order valence-corrected chi connectivity index (χ4v) is 2.14. The third kappa shape index (κ3) is 2.60. The third-order valence-electron chi connectivity index (χ3n) is 2.51. The molecule has 0 spiro atoms. The normalized spacial score (nSPS) is 10.4. The first kappa shape index (κ1) is 13.2. The summed E-state index contributed by atoms with van der Waals surface area (Å²) in [5.41, 5.74) is 1.18. The largest absolute Gasteiger partial charge is 0.469 e. The van der Waals surface area contributed by atoms with Crippen LogP contribution in [-0.4, -0.2) is 5.91 Å². The van der Waals surface area contributed by atoms with Crippen molar-refractivity contribution in [2.45, 2.75) is 13.3 Å². The van der Waals surface area contributed by atoms with Gasteiger partial charge in [0.1, 0.15) is 5.76 Å². The van der Waals surface area contributed by atoms with Crippen LogP contribution < -0.4 is 5.32 Å². The predicted molar refractivity (Wildman–Crippen MR) is 75.2 cm³/mol. The molecular formula is C13H11BrClNO2. The first-order chi connectivity index (χ1) is 8.63. The Bertz CT molecular complexity index is 580. The summed E-state index contributed by atoms with van der Waals surface area (Å²) in [6, 6.07) is 6.96. The van der Waals surface area contributed by atoms with Gasteiger partial charge in [-0.25, -0.2) is 0 Å². The summed E-state index contributed by atoms with van der Waals surface area (Å²) in [5.74, 6) is 0.467. The number of carbonyl (C=O) groups excluding carboxylic acids is 1. The Balaban J connectivity index is 2.24. The molecule has 1 aromatic heterocycles. The Morgan fingerprint density at radius 1 is 1.44 bits per heavy atom. The summed E-state index contributed by atoms with van der Waals surface area (Å²) < 4.78 is 5.90. The molecule has 1 aromatic carbocycles. The molecule has 18 heavy (non-hydrogen) atoms. The van der Waals surface area contributed by atoms with Crippen LogP contribution in [0.25, 0.3) is 0 Å². The second-order valence-corrected chi connectivity index (χ2v) is 4.87. The number of aryl methyl sites for hydroxylation is 1. The van der Waals surface area contributed by atoms with E-state index in [0.717, 1.165) is 0 Å². The van der Waals surface area contributed by atoms with E-state index >= 15 is 0 Å². The number of carbonyl (C=O) groups is 1. The van der Waals surface area contributed by atoms with Crippen LogP contribution in [0.4, 0.5) is 5.69 Å². The average molecular weight is 329 g/mol. The zero-order valence-electron chi connectivity index (χ0n) is 9.67. The minimum atomic E-state index is -0.205. The molecule has 2 aromatic rings. The minimum absolute atomic E-state index is 0.205. The first-order valence-corrected chi connectivity index (χ1v) is 6.62. The van der Waals surface area contributed by atoms with Crippen molar-refractivity contribution in [2.75, 3.05) is 5.32 Å². The van der Waals surface area contributed by atoms with Crippen LogP contribution in [0.1, 0.15) is 23.0 Å². The standard InChI is InChI=1S/C13H11BrClNO2/c1-2-11-8(6-7-18-11)13(17)16-10-5-3-4-9(15)12(10)14/h3-7H,2H2,1H3,(H,16,17). The van der Waals surface area contributed by atoms with Gasteiger partial charge in [-0.15, -0.1) is 0 Å². The fourth-order valence-electron chi connectivity index (χ4n) is 1.61. The quantitative estimate of drug-likeness (QED) is 0.900. The summed E-state index contributed by atoms with van der Waals surface area (Å²) in [7, 11) is 0. The molecular weight excluding hydrogens is 318 g/mol. The van der Waals surface area contributed by atoms with E-state index in [4.69, 9.17) is 16.0 Å². The van der Waals surface area contributed by atoms with Crippen molar-refractivity contribution in [2.24, 2.45) is 0 Å². The van der Waals surface area contributed by atoms with Crippen LogP contribution in [0.15, 0.2) is 39.4 Å². The molecule has 0 aliphatic rings. The lowest BCUT2D eigenvalue weighted by Gasteiger charge is -2.08. The maximum atomic E-state index is 12.1. The monoisotopic (exact) mass is 327 g/mol. The van der Waals surface area contributed by atoms with E-state index in [-0.39, 0.29) is 5.91 Å². The number of furan rings is 1. The molecule has 1 heterocycles. The topological polar surface area (TPSA) is 42.2 Å². The van der Waals surface area contributed by atoms with Gasteiger partial charge in [-0.2, -0.15) is 0 Å². The number of anilines is 1. The maximum Gasteiger partial charge on any atom is 0.259 e. The molecule has 0 saturated carbocycles. The smallest absolute Gasteiger partial charge is 0.259 e. The van der Waals surface area contributed by atoms with Gasteiger partial charge >= 0.3 is 0 Å². The van der Waals surface area contributed by atoms with E-state index in [9.17, 15) is 4.79 Å². The molecule has 2 rings (SSSR count). The van der Waals surface area contributed by atoms with Crippen LogP contribution in [0.2, 0.25) is 5.02 Å². The molecule has 0 aliphatic carbocycles. The highest BCUT2D eigenvalue weighted by Gasteiger charge is 2.15. The molecule has 0 bridgehead atoms. The lowest BCUT2D eigenvalue weighted by atomic mass is 10.2. The van der Waals surface area contributed by atoms with E-state index in [0.29, 0.717) is 32.9 Å². The highest BCUT2D eigenvalue weighted by atomic mass is 79.9. The number of benzene rings is 1. The minimum Gasteiger partial charge on any atom is -0.469 e. The first-order valence-electron chi connectivity index (χ1n) is 5.45. The lowest BCUT2D eigenvalue weighted by Crippen LogP contribution is -2.13. The average Bonchev–Trinajstić information content (AvgIpc) is 2.83. The molecule has 1 amide bonds. The Labute approximate surface area is 118 Å². The maximum absolute atomic E-state index is 12.1. The fraction of sp³-hybridized carbons (Fsp3) is 0.154. The van der Waals surface area contributed by atoms with E-state index in [1.807, 2.05) is 6.92 Å². The molecule has 0 atom stereocenters. The Kier molecular flexibility index (Phi) is 4.09. The summed E-state index contributed by atoms with van der Waals surface area (Å²) in [6.07, 6.45) is 2.19. The Morgan fingerprint density at radius 2 is 2.22 bits per heavy atom. The number of amides is 1. The summed E-state index contributed by atoms with van der Waals surface area (Å²) in [5, 5.41) is 3.35. The van der Waals surface area contributed by atoms with Crippen molar-refractivity contribution in [3.63, 3.8) is 0 Å². The van der Waals surface area contributed by atoms with Gasteiger partial charge in [0.05, 0.1) is 27.0 Å². The third-order valence-corrected chi connectivity index (χ3v) is 3.91. The predicted octanol–water partition coefficient (Wildman–Crippen LogP) is 4.51. The summed E-state index contributed by atoms with van der Waals surface area (Å²) >= 11 is 9.30. The van der Waals surface area contributed by atoms with Gasteiger partial charge in [-0.1, -0.05) is 24.6 Å². The number of hydrogen-bond acceptors (Lipinski definition) is 2. The van der Waals surface area contributed by atoms with Gasteiger partial charge in [0.15, 0.2) is 0 Å². The van der Waals surface area contributed by atoms with Crippen molar-refractivity contribution in [1.82, 2.24) is 0 Å². The zero-order valence-corrected chi connectivity index (χ0v) is 12.0. The van der Waals surface area contributed by atoms with E-state index in [1.54, 1.807) is 24.3 Å². The van der Waals surface area contributed by atoms with Crippen molar-refractivity contribution < 1.29 is 9.21 Å². The van der Waals surface area contributed by atoms with Gasteiger partial charge in [0, 0.05) is 6.42 Å². The SMILES string of the molecule is CCc1occc1C(=O)Nc1cccc(Cl)c1Br.